The van der Waals surface area contributed by atoms with Gasteiger partial charge in [0, 0.05) is 24.5 Å². The van der Waals surface area contributed by atoms with Crippen molar-refractivity contribution in [1.29, 1.82) is 0 Å². The zero-order valence-electron chi connectivity index (χ0n) is 16.5. The van der Waals surface area contributed by atoms with E-state index in [2.05, 4.69) is 34.8 Å². The Labute approximate surface area is 161 Å². The molecule has 146 valence electrons. The molecule has 4 rings (SSSR count). The number of carbonyl (C=O) groups excluding carboxylic acids is 1. The fourth-order valence-corrected chi connectivity index (χ4v) is 4.54. The van der Waals surface area contributed by atoms with E-state index in [0.29, 0.717) is 12.6 Å². The molecule has 0 spiro atoms. The van der Waals surface area contributed by atoms with Crippen LogP contribution in [-0.2, 0) is 6.54 Å². The number of nitrogens with one attached hydrogen (secondary N) is 1. The molecule has 0 unspecified atom stereocenters. The van der Waals surface area contributed by atoms with Crippen LogP contribution in [0.5, 0.6) is 5.75 Å². The number of carbonyl (C=O) groups is 1. The number of amides is 1. The van der Waals surface area contributed by atoms with Crippen LogP contribution in [0.25, 0.3) is 10.9 Å². The molecule has 1 aliphatic heterocycles. The summed E-state index contributed by atoms with van der Waals surface area (Å²) in [5.41, 5.74) is 1.80. The Kier molecular flexibility index (Phi) is 5.39. The van der Waals surface area contributed by atoms with Gasteiger partial charge in [-0.05, 0) is 38.4 Å². The van der Waals surface area contributed by atoms with Crippen molar-refractivity contribution in [2.75, 3.05) is 20.1 Å². The van der Waals surface area contributed by atoms with Gasteiger partial charge in [-0.15, -0.1) is 0 Å². The van der Waals surface area contributed by atoms with Crippen LogP contribution in [0.4, 0.5) is 0 Å². The zero-order chi connectivity index (χ0) is 18.8. The summed E-state index contributed by atoms with van der Waals surface area (Å²) in [5, 5.41) is 4.21. The molecule has 1 aromatic carbocycles. The molecule has 2 aliphatic rings. The minimum Gasteiger partial charge on any atom is -0.486 e. The number of rotatable bonds is 6. The molecule has 1 amide bonds. The Bertz CT molecular complexity index is 807. The average molecular weight is 370 g/mol. The fourth-order valence-electron chi connectivity index (χ4n) is 4.54. The first-order valence-electron chi connectivity index (χ1n) is 10.4. The standard InChI is InChI=1S/C22H31N3O2/c1-3-18-15-25-19(14-16-8-7-11-20(27-18)21(16)25)22(26)23-12-13-24(2)17-9-5-4-6-10-17/h7-8,11,14,17-18H,3-6,9-10,12-13,15H2,1-2H3,(H,23,26)/t18-/m1/s1. The van der Waals surface area contributed by atoms with Crippen molar-refractivity contribution in [2.24, 2.45) is 0 Å². The van der Waals surface area contributed by atoms with Crippen LogP contribution in [0.1, 0.15) is 55.9 Å². The third-order valence-electron chi connectivity index (χ3n) is 6.20. The van der Waals surface area contributed by atoms with Gasteiger partial charge >= 0.3 is 0 Å². The molecule has 1 N–H and O–H groups in total. The first kappa shape index (κ1) is 18.4. The van der Waals surface area contributed by atoms with Gasteiger partial charge < -0.3 is 19.5 Å². The summed E-state index contributed by atoms with van der Waals surface area (Å²) in [4.78, 5) is 15.3. The van der Waals surface area contributed by atoms with Gasteiger partial charge in [-0.2, -0.15) is 0 Å². The number of hydrogen-bond acceptors (Lipinski definition) is 3. The first-order valence-corrected chi connectivity index (χ1v) is 10.4. The maximum absolute atomic E-state index is 12.9. The third-order valence-corrected chi connectivity index (χ3v) is 6.20. The molecule has 27 heavy (non-hydrogen) atoms. The molecule has 5 heteroatoms. The topological polar surface area (TPSA) is 46.5 Å². The Morgan fingerprint density at radius 2 is 2.11 bits per heavy atom. The summed E-state index contributed by atoms with van der Waals surface area (Å²) in [6, 6.07) is 8.74. The summed E-state index contributed by atoms with van der Waals surface area (Å²) in [6.45, 7) is 4.46. The van der Waals surface area contributed by atoms with E-state index >= 15 is 0 Å². The van der Waals surface area contributed by atoms with Crippen molar-refractivity contribution in [1.82, 2.24) is 14.8 Å². The van der Waals surface area contributed by atoms with Gasteiger partial charge in [-0.3, -0.25) is 4.79 Å². The van der Waals surface area contributed by atoms with Crippen molar-refractivity contribution in [3.8, 4) is 5.75 Å². The van der Waals surface area contributed by atoms with Crippen LogP contribution in [0.3, 0.4) is 0 Å². The largest absolute Gasteiger partial charge is 0.486 e. The first-order chi connectivity index (χ1) is 13.2. The van der Waals surface area contributed by atoms with Crippen molar-refractivity contribution < 1.29 is 9.53 Å². The van der Waals surface area contributed by atoms with Gasteiger partial charge in [0.25, 0.3) is 5.91 Å². The molecular formula is C22H31N3O2. The average Bonchev–Trinajstić information content (AvgIpc) is 3.08. The van der Waals surface area contributed by atoms with Crippen molar-refractivity contribution in [3.63, 3.8) is 0 Å². The highest BCUT2D eigenvalue weighted by atomic mass is 16.5. The van der Waals surface area contributed by atoms with Gasteiger partial charge in [0.15, 0.2) is 0 Å². The quantitative estimate of drug-likeness (QED) is 0.842. The number of aromatic nitrogens is 1. The highest BCUT2D eigenvalue weighted by Crippen LogP contribution is 2.34. The lowest BCUT2D eigenvalue weighted by atomic mass is 9.94. The van der Waals surface area contributed by atoms with E-state index in [9.17, 15) is 4.79 Å². The second-order valence-electron chi connectivity index (χ2n) is 8.01. The van der Waals surface area contributed by atoms with E-state index in [4.69, 9.17) is 4.74 Å². The van der Waals surface area contributed by atoms with E-state index in [1.54, 1.807) is 0 Å². The summed E-state index contributed by atoms with van der Waals surface area (Å²) in [7, 11) is 2.19. The Morgan fingerprint density at radius 3 is 2.89 bits per heavy atom. The lowest BCUT2D eigenvalue weighted by molar-refractivity contribution is 0.0929. The third kappa shape index (κ3) is 3.70. The maximum Gasteiger partial charge on any atom is 0.267 e. The fraction of sp³-hybridized carbons (Fsp3) is 0.591. The van der Waals surface area contributed by atoms with Gasteiger partial charge in [-0.1, -0.05) is 38.3 Å². The Morgan fingerprint density at radius 1 is 1.30 bits per heavy atom. The molecule has 2 aromatic rings. The molecule has 0 bridgehead atoms. The number of nitrogens with zero attached hydrogens (tertiary/aromatic N) is 2. The highest BCUT2D eigenvalue weighted by molar-refractivity contribution is 6.00. The normalized spacial score (nSPS) is 20.0. The summed E-state index contributed by atoms with van der Waals surface area (Å²) < 4.78 is 8.21. The smallest absolute Gasteiger partial charge is 0.267 e. The van der Waals surface area contributed by atoms with Crippen LogP contribution >= 0.6 is 0 Å². The van der Waals surface area contributed by atoms with Crippen LogP contribution in [0.15, 0.2) is 24.3 Å². The molecule has 2 heterocycles. The van der Waals surface area contributed by atoms with E-state index in [1.807, 2.05) is 18.2 Å². The Hall–Kier alpha value is -2.01. The molecule has 1 atom stereocenters. The second-order valence-corrected chi connectivity index (χ2v) is 8.01. The van der Waals surface area contributed by atoms with E-state index < -0.39 is 0 Å². The summed E-state index contributed by atoms with van der Waals surface area (Å²) >= 11 is 0. The predicted octanol–water partition coefficient (Wildman–Crippen LogP) is 3.81. The van der Waals surface area contributed by atoms with Crippen molar-refractivity contribution in [2.45, 2.75) is 64.1 Å². The lowest BCUT2D eigenvalue weighted by Gasteiger charge is -2.31. The van der Waals surface area contributed by atoms with Crippen LogP contribution < -0.4 is 10.1 Å². The van der Waals surface area contributed by atoms with Crippen LogP contribution in [-0.4, -0.2) is 47.7 Å². The molecule has 1 aromatic heterocycles. The van der Waals surface area contributed by atoms with E-state index in [1.165, 1.54) is 32.1 Å². The second kappa shape index (κ2) is 7.93. The number of hydrogen-bond donors (Lipinski definition) is 1. The summed E-state index contributed by atoms with van der Waals surface area (Å²) in [5.74, 6) is 0.910. The molecule has 1 saturated carbocycles. The number of para-hydroxylation sites is 1. The van der Waals surface area contributed by atoms with Gasteiger partial charge in [-0.25, -0.2) is 0 Å². The van der Waals surface area contributed by atoms with Crippen molar-refractivity contribution in [3.05, 3.63) is 30.0 Å². The van der Waals surface area contributed by atoms with Gasteiger partial charge in [0.1, 0.15) is 17.5 Å². The van der Waals surface area contributed by atoms with Gasteiger partial charge in [0.2, 0.25) is 0 Å². The van der Waals surface area contributed by atoms with Crippen LogP contribution in [0, 0.1) is 0 Å². The molecule has 1 aliphatic carbocycles. The van der Waals surface area contributed by atoms with E-state index in [0.717, 1.165) is 41.9 Å². The number of likely N-dealkylation sites (N-methyl/N-ethyl adjacent to an activating group) is 1. The molecule has 0 saturated heterocycles. The highest BCUT2D eigenvalue weighted by Gasteiger charge is 2.25. The number of benzene rings is 1. The Balaban J connectivity index is 1.43. The molecular weight excluding hydrogens is 338 g/mol. The minimum absolute atomic E-state index is 0.0194. The van der Waals surface area contributed by atoms with Gasteiger partial charge in [0.05, 0.1) is 12.1 Å². The van der Waals surface area contributed by atoms with Crippen molar-refractivity contribution >= 4 is 16.8 Å². The number of ether oxygens (including phenoxy) is 1. The molecule has 1 fully saturated rings. The summed E-state index contributed by atoms with van der Waals surface area (Å²) in [6.07, 6.45) is 7.69. The SMILES string of the molecule is CC[C@@H]1Cn2c(C(=O)NCCN(C)C3CCCCC3)cc3cccc(c32)O1. The monoisotopic (exact) mass is 369 g/mol. The zero-order valence-corrected chi connectivity index (χ0v) is 16.5. The molecule has 5 nitrogen and oxygen atoms in total. The van der Waals surface area contributed by atoms with Crippen LogP contribution in [0.2, 0.25) is 0 Å². The van der Waals surface area contributed by atoms with E-state index in [-0.39, 0.29) is 12.0 Å². The maximum atomic E-state index is 12.9. The minimum atomic E-state index is 0.0194. The molecule has 0 radical (unpaired) electrons. The lowest BCUT2D eigenvalue weighted by Crippen LogP contribution is -2.40. The predicted molar refractivity (Wildman–Crippen MR) is 108 cm³/mol.